The molecule has 0 radical (unpaired) electrons. The lowest BCUT2D eigenvalue weighted by Crippen LogP contribution is -2.31. The number of nitro benzene ring substituents is 1. The zero-order chi connectivity index (χ0) is 18.8. The molecular weight excluding hydrogens is 358 g/mol. The SMILES string of the molecule is CCN(CCO)C(c1cccc([N+](=O)[O-])c1)c1sc2nc(C)nn2c1O. The Balaban J connectivity index is 2.16. The smallest absolute Gasteiger partial charge is 0.269 e. The molecule has 2 N–H and O–H groups in total. The standard InChI is InChI=1S/C16H19N5O4S/c1-3-19(7-8-22)13(11-5-4-6-12(9-11)21(24)25)14-15(23)20-16(26-14)17-10(2)18-20/h4-6,9,13,22-23H,3,7-8H2,1-2H3. The number of hydrogen-bond donors (Lipinski definition) is 2. The van der Waals surface area contributed by atoms with Crippen molar-refractivity contribution in [3.05, 3.63) is 50.6 Å². The van der Waals surface area contributed by atoms with Gasteiger partial charge in [0.15, 0.2) is 0 Å². The lowest BCUT2D eigenvalue weighted by Gasteiger charge is -2.29. The molecule has 1 unspecified atom stereocenters. The molecule has 10 heteroatoms. The Morgan fingerprint density at radius 3 is 2.85 bits per heavy atom. The molecule has 1 aromatic carbocycles. The van der Waals surface area contributed by atoms with Crippen LogP contribution in [-0.2, 0) is 0 Å². The van der Waals surface area contributed by atoms with E-state index in [-0.39, 0.29) is 18.2 Å². The average molecular weight is 377 g/mol. The number of aliphatic hydroxyl groups is 1. The minimum absolute atomic E-state index is 0.0256. The van der Waals surface area contributed by atoms with Crippen molar-refractivity contribution >= 4 is 22.0 Å². The summed E-state index contributed by atoms with van der Waals surface area (Å²) in [7, 11) is 0. The summed E-state index contributed by atoms with van der Waals surface area (Å²) in [4.78, 5) is 18.1. The predicted molar refractivity (Wildman–Crippen MR) is 96.5 cm³/mol. The highest BCUT2D eigenvalue weighted by Crippen LogP contribution is 2.40. The van der Waals surface area contributed by atoms with Gasteiger partial charge in [-0.25, -0.2) is 4.98 Å². The number of nitrogens with zero attached hydrogens (tertiary/aromatic N) is 5. The van der Waals surface area contributed by atoms with Crippen molar-refractivity contribution in [3.63, 3.8) is 0 Å². The second-order valence-corrected chi connectivity index (χ2v) is 6.76. The van der Waals surface area contributed by atoms with Crippen molar-refractivity contribution in [2.24, 2.45) is 0 Å². The van der Waals surface area contributed by atoms with Crippen molar-refractivity contribution < 1.29 is 15.1 Å². The van der Waals surface area contributed by atoms with Crippen molar-refractivity contribution in [2.45, 2.75) is 19.9 Å². The lowest BCUT2D eigenvalue weighted by molar-refractivity contribution is -0.384. The van der Waals surface area contributed by atoms with Crippen molar-refractivity contribution in [2.75, 3.05) is 19.7 Å². The van der Waals surface area contributed by atoms with Gasteiger partial charge in [0.1, 0.15) is 5.82 Å². The molecule has 1 atom stereocenters. The third kappa shape index (κ3) is 3.26. The van der Waals surface area contributed by atoms with Crippen LogP contribution in [0, 0.1) is 17.0 Å². The highest BCUT2D eigenvalue weighted by Gasteiger charge is 2.29. The van der Waals surface area contributed by atoms with E-state index in [9.17, 15) is 20.3 Å². The van der Waals surface area contributed by atoms with E-state index in [0.717, 1.165) is 0 Å². The van der Waals surface area contributed by atoms with Gasteiger partial charge < -0.3 is 10.2 Å². The Labute approximate surface area is 153 Å². The predicted octanol–water partition coefficient (Wildman–Crippen LogP) is 2.12. The highest BCUT2D eigenvalue weighted by atomic mass is 32.1. The summed E-state index contributed by atoms with van der Waals surface area (Å²) in [5.74, 6) is 0.506. The first-order chi connectivity index (χ1) is 12.5. The number of aromatic nitrogens is 3. The highest BCUT2D eigenvalue weighted by molar-refractivity contribution is 7.17. The molecule has 0 spiro atoms. The van der Waals surface area contributed by atoms with Crippen LogP contribution in [0.1, 0.15) is 29.2 Å². The quantitative estimate of drug-likeness (QED) is 0.478. The van der Waals surface area contributed by atoms with Gasteiger partial charge in [-0.1, -0.05) is 30.4 Å². The monoisotopic (exact) mass is 377 g/mol. The Bertz CT molecular complexity index is 938. The average Bonchev–Trinajstić information content (AvgIpc) is 3.12. The topological polar surface area (TPSA) is 117 Å². The van der Waals surface area contributed by atoms with E-state index in [4.69, 9.17) is 0 Å². The fourth-order valence-electron chi connectivity index (χ4n) is 2.96. The number of non-ortho nitro benzene ring substituents is 1. The second kappa shape index (κ2) is 7.36. The van der Waals surface area contributed by atoms with E-state index in [0.29, 0.717) is 34.3 Å². The summed E-state index contributed by atoms with van der Waals surface area (Å²) in [5.41, 5.74) is 0.633. The molecule has 0 saturated heterocycles. The molecule has 26 heavy (non-hydrogen) atoms. The molecule has 0 bridgehead atoms. The van der Waals surface area contributed by atoms with Gasteiger partial charge in [-0.15, -0.1) is 5.10 Å². The number of aryl methyl sites for hydroxylation is 1. The fraction of sp³-hybridized carbons (Fsp3) is 0.375. The number of aliphatic hydroxyl groups excluding tert-OH is 1. The van der Waals surface area contributed by atoms with E-state index in [1.165, 1.54) is 28.0 Å². The summed E-state index contributed by atoms with van der Waals surface area (Å²) in [6.07, 6.45) is 0. The van der Waals surface area contributed by atoms with Crippen LogP contribution >= 0.6 is 11.3 Å². The van der Waals surface area contributed by atoms with Gasteiger partial charge in [-0.3, -0.25) is 15.0 Å². The molecule has 9 nitrogen and oxygen atoms in total. The van der Waals surface area contributed by atoms with Crippen molar-refractivity contribution in [1.82, 2.24) is 19.5 Å². The van der Waals surface area contributed by atoms with Crippen LogP contribution < -0.4 is 0 Å². The van der Waals surface area contributed by atoms with Gasteiger partial charge in [-0.05, 0) is 19.0 Å². The Kier molecular flexibility index (Phi) is 5.16. The van der Waals surface area contributed by atoms with Crippen LogP contribution in [0.15, 0.2) is 24.3 Å². The van der Waals surface area contributed by atoms with Gasteiger partial charge >= 0.3 is 0 Å². The molecule has 0 amide bonds. The number of rotatable bonds is 7. The molecular formula is C16H19N5O4S. The fourth-order valence-corrected chi connectivity index (χ4v) is 4.12. The van der Waals surface area contributed by atoms with Crippen LogP contribution in [0.4, 0.5) is 5.69 Å². The third-order valence-electron chi connectivity index (χ3n) is 4.11. The summed E-state index contributed by atoms with van der Waals surface area (Å²) >= 11 is 1.28. The largest absolute Gasteiger partial charge is 0.492 e. The first-order valence-electron chi connectivity index (χ1n) is 8.10. The molecule has 3 aromatic rings. The number of fused-ring (bicyclic) bond motifs is 1. The lowest BCUT2D eigenvalue weighted by atomic mass is 10.0. The summed E-state index contributed by atoms with van der Waals surface area (Å²) in [6, 6.07) is 5.85. The van der Waals surface area contributed by atoms with Gasteiger partial charge in [0, 0.05) is 18.7 Å². The van der Waals surface area contributed by atoms with E-state index in [2.05, 4.69) is 10.1 Å². The van der Waals surface area contributed by atoms with Crippen LogP contribution in [-0.4, -0.2) is 54.3 Å². The number of aromatic hydroxyl groups is 1. The maximum absolute atomic E-state index is 11.2. The van der Waals surface area contributed by atoms with Gasteiger partial charge in [0.25, 0.3) is 5.69 Å². The molecule has 138 valence electrons. The molecule has 0 aliphatic rings. The van der Waals surface area contributed by atoms with E-state index in [1.54, 1.807) is 19.1 Å². The molecule has 0 aliphatic carbocycles. The second-order valence-electron chi connectivity index (χ2n) is 5.75. The number of nitro groups is 1. The number of thiazole rings is 1. The first kappa shape index (κ1) is 18.2. The summed E-state index contributed by atoms with van der Waals surface area (Å²) < 4.78 is 1.37. The Morgan fingerprint density at radius 1 is 1.46 bits per heavy atom. The summed E-state index contributed by atoms with van der Waals surface area (Å²) in [6.45, 7) is 4.54. The van der Waals surface area contributed by atoms with Crippen molar-refractivity contribution in [3.8, 4) is 5.88 Å². The summed E-state index contributed by atoms with van der Waals surface area (Å²) in [5, 5.41) is 35.4. The first-order valence-corrected chi connectivity index (χ1v) is 8.92. The molecule has 2 heterocycles. The third-order valence-corrected chi connectivity index (χ3v) is 5.18. The zero-order valence-electron chi connectivity index (χ0n) is 14.4. The molecule has 0 aliphatic heterocycles. The molecule has 3 rings (SSSR count). The maximum atomic E-state index is 11.2. The van der Waals surface area contributed by atoms with Crippen LogP contribution in [0.3, 0.4) is 0 Å². The molecule has 0 saturated carbocycles. The van der Waals surface area contributed by atoms with E-state index in [1.807, 2.05) is 11.8 Å². The zero-order valence-corrected chi connectivity index (χ0v) is 15.2. The maximum Gasteiger partial charge on any atom is 0.269 e. The Morgan fingerprint density at radius 2 is 2.23 bits per heavy atom. The van der Waals surface area contributed by atoms with Gasteiger partial charge in [0.05, 0.1) is 22.4 Å². The van der Waals surface area contributed by atoms with Crippen LogP contribution in [0.2, 0.25) is 0 Å². The minimum atomic E-state index is -0.458. The molecule has 2 aromatic heterocycles. The van der Waals surface area contributed by atoms with Gasteiger partial charge in [-0.2, -0.15) is 4.52 Å². The van der Waals surface area contributed by atoms with Crippen LogP contribution in [0.5, 0.6) is 5.88 Å². The van der Waals surface area contributed by atoms with Crippen LogP contribution in [0.25, 0.3) is 4.96 Å². The number of hydrogen-bond acceptors (Lipinski definition) is 8. The Hall–Kier alpha value is -2.56. The van der Waals surface area contributed by atoms with Crippen molar-refractivity contribution in [1.29, 1.82) is 0 Å². The normalized spacial score (nSPS) is 12.8. The minimum Gasteiger partial charge on any atom is -0.492 e. The van der Waals surface area contributed by atoms with E-state index < -0.39 is 11.0 Å². The van der Waals surface area contributed by atoms with E-state index >= 15 is 0 Å². The number of benzene rings is 1. The molecule has 0 fully saturated rings. The van der Waals surface area contributed by atoms with Gasteiger partial charge in [0.2, 0.25) is 10.8 Å². The number of likely N-dealkylation sites (N-methyl/N-ethyl adjacent to an activating group) is 1.